The van der Waals surface area contributed by atoms with E-state index in [1.54, 1.807) is 43.0 Å². The van der Waals surface area contributed by atoms with E-state index < -0.39 is 15.9 Å². The molecule has 2 N–H and O–H groups in total. The number of aromatic hydroxyl groups is 1. The number of carbonyl (C=O) groups is 1. The van der Waals surface area contributed by atoms with Gasteiger partial charge in [-0.15, -0.1) is 0 Å². The molecule has 4 aromatic rings. The summed E-state index contributed by atoms with van der Waals surface area (Å²) in [5, 5.41) is 11.3. The molecule has 0 radical (unpaired) electrons. The number of phenols is 1. The van der Waals surface area contributed by atoms with Crippen LogP contribution in [0.25, 0.3) is 10.9 Å². The third kappa shape index (κ3) is 4.49. The molecule has 0 fully saturated rings. The zero-order chi connectivity index (χ0) is 25.4. The highest BCUT2D eigenvalue weighted by Gasteiger charge is 2.36. The average Bonchev–Trinajstić information content (AvgIpc) is 3.51. The number of nitrogens with zero attached hydrogens (tertiary/aromatic N) is 4. The number of sulfonamides is 1. The lowest BCUT2D eigenvalue weighted by Crippen LogP contribution is -2.23. The van der Waals surface area contributed by atoms with E-state index in [-0.39, 0.29) is 53.2 Å². The second-order valence-electron chi connectivity index (χ2n) is 8.83. The van der Waals surface area contributed by atoms with Gasteiger partial charge in [0.2, 0.25) is 10.0 Å². The van der Waals surface area contributed by atoms with Gasteiger partial charge in [-0.2, -0.15) is 0 Å². The maximum atomic E-state index is 13.3. The zero-order valence-electron chi connectivity index (χ0n) is 19.4. The van der Waals surface area contributed by atoms with E-state index in [0.717, 1.165) is 0 Å². The fourth-order valence-corrected chi connectivity index (χ4v) is 5.72. The molecule has 1 amide bonds. The standard InChI is InChI=1S/C25H24FN5O4S/c1-16(30-11-10-27-15-30)8-12-36(34,35)29-22-19-3-2-9-28-23(19)24(32)21-20(22)14-31(25(21)33)13-17-4-6-18(26)7-5-17/h2-7,9-11,15-16,29,32H,8,12-14H2,1H3. The Morgan fingerprint density at radius 1 is 1.19 bits per heavy atom. The Morgan fingerprint density at radius 2 is 1.97 bits per heavy atom. The number of hydrogen-bond donors (Lipinski definition) is 2. The second kappa shape index (κ2) is 9.23. The molecule has 11 heteroatoms. The third-order valence-electron chi connectivity index (χ3n) is 6.37. The number of fused-ring (bicyclic) bond motifs is 2. The van der Waals surface area contributed by atoms with Gasteiger partial charge >= 0.3 is 0 Å². The number of pyridine rings is 1. The monoisotopic (exact) mass is 509 g/mol. The number of phenolic OH excluding ortho intramolecular Hbond substituents is 1. The van der Waals surface area contributed by atoms with E-state index in [2.05, 4.69) is 14.7 Å². The van der Waals surface area contributed by atoms with Gasteiger partial charge in [0.05, 0.1) is 23.3 Å². The molecule has 0 spiro atoms. The minimum Gasteiger partial charge on any atom is -0.505 e. The Hall–Kier alpha value is -3.99. The molecule has 1 aliphatic heterocycles. The minimum absolute atomic E-state index is 0.0211. The molecule has 0 aliphatic carbocycles. The Labute approximate surface area is 207 Å². The van der Waals surface area contributed by atoms with Gasteiger partial charge < -0.3 is 14.6 Å². The summed E-state index contributed by atoms with van der Waals surface area (Å²) in [6, 6.07) is 8.98. The maximum absolute atomic E-state index is 13.3. The number of nitrogens with one attached hydrogen (secondary N) is 1. The van der Waals surface area contributed by atoms with Gasteiger partial charge in [-0.1, -0.05) is 12.1 Å². The molecule has 3 heterocycles. The molecule has 36 heavy (non-hydrogen) atoms. The number of benzene rings is 2. The molecule has 2 aromatic heterocycles. The molecule has 186 valence electrons. The highest BCUT2D eigenvalue weighted by molar-refractivity contribution is 7.92. The highest BCUT2D eigenvalue weighted by atomic mass is 32.2. The maximum Gasteiger partial charge on any atom is 0.258 e. The Morgan fingerprint density at radius 3 is 2.69 bits per heavy atom. The van der Waals surface area contributed by atoms with E-state index in [9.17, 15) is 22.7 Å². The van der Waals surface area contributed by atoms with Crippen molar-refractivity contribution in [3.8, 4) is 5.75 Å². The number of rotatable bonds is 8. The fraction of sp³-hybridized carbons (Fsp3) is 0.240. The lowest BCUT2D eigenvalue weighted by molar-refractivity contribution is 0.0764. The summed E-state index contributed by atoms with van der Waals surface area (Å²) in [4.78, 5) is 23.0. The molecule has 9 nitrogen and oxygen atoms in total. The first-order valence-corrected chi connectivity index (χ1v) is 13.0. The minimum atomic E-state index is -3.81. The van der Waals surface area contributed by atoms with Crippen LogP contribution in [0.15, 0.2) is 61.3 Å². The SMILES string of the molecule is CC(CCS(=O)(=O)Nc1c2c(c(O)c3ncccc13)C(=O)N(Cc1ccc(F)cc1)C2)n1ccnc1. The van der Waals surface area contributed by atoms with Gasteiger partial charge in [-0.25, -0.2) is 17.8 Å². The van der Waals surface area contributed by atoms with Gasteiger partial charge in [-0.3, -0.25) is 14.5 Å². The summed E-state index contributed by atoms with van der Waals surface area (Å²) in [6.45, 7) is 2.15. The largest absolute Gasteiger partial charge is 0.505 e. The van der Waals surface area contributed by atoms with Gasteiger partial charge in [0.25, 0.3) is 5.91 Å². The molecule has 1 atom stereocenters. The van der Waals surface area contributed by atoms with Crippen LogP contribution in [0, 0.1) is 5.82 Å². The van der Waals surface area contributed by atoms with Gasteiger partial charge in [0.1, 0.15) is 11.3 Å². The lowest BCUT2D eigenvalue weighted by Gasteiger charge is -2.17. The molecule has 0 saturated heterocycles. The first kappa shape index (κ1) is 23.7. The van der Waals surface area contributed by atoms with Crippen molar-refractivity contribution in [1.82, 2.24) is 19.4 Å². The van der Waals surface area contributed by atoms with Crippen molar-refractivity contribution < 1.29 is 22.7 Å². The molecule has 5 rings (SSSR count). The number of imidazole rings is 1. The smallest absolute Gasteiger partial charge is 0.258 e. The van der Waals surface area contributed by atoms with Crippen LogP contribution in [0.4, 0.5) is 10.1 Å². The van der Waals surface area contributed by atoms with Crippen molar-refractivity contribution in [3.63, 3.8) is 0 Å². The van der Waals surface area contributed by atoms with Crippen LogP contribution in [0.1, 0.15) is 40.9 Å². The lowest BCUT2D eigenvalue weighted by atomic mass is 10.0. The van der Waals surface area contributed by atoms with Crippen molar-refractivity contribution in [3.05, 3.63) is 83.8 Å². The fourth-order valence-electron chi connectivity index (χ4n) is 4.42. The van der Waals surface area contributed by atoms with E-state index in [0.29, 0.717) is 22.9 Å². The summed E-state index contributed by atoms with van der Waals surface area (Å²) in [6.07, 6.45) is 6.86. The topological polar surface area (TPSA) is 117 Å². The molecule has 2 aromatic carbocycles. The summed E-state index contributed by atoms with van der Waals surface area (Å²) in [7, 11) is -3.81. The summed E-state index contributed by atoms with van der Waals surface area (Å²) in [5.41, 5.74) is 1.48. The van der Waals surface area contributed by atoms with Crippen LogP contribution < -0.4 is 4.72 Å². The van der Waals surface area contributed by atoms with E-state index in [4.69, 9.17) is 0 Å². The third-order valence-corrected chi connectivity index (χ3v) is 7.66. The first-order chi connectivity index (χ1) is 17.2. The Bertz CT molecular complexity index is 1540. The van der Waals surface area contributed by atoms with Crippen molar-refractivity contribution >= 4 is 32.5 Å². The molecule has 1 unspecified atom stereocenters. The normalized spacial score (nSPS) is 14.3. The second-order valence-corrected chi connectivity index (χ2v) is 10.7. The summed E-state index contributed by atoms with van der Waals surface area (Å²) < 4.78 is 44.1. The van der Waals surface area contributed by atoms with Crippen molar-refractivity contribution in [1.29, 1.82) is 0 Å². The predicted molar refractivity (Wildman–Crippen MR) is 132 cm³/mol. The number of hydrogen-bond acceptors (Lipinski definition) is 6. The Kier molecular flexibility index (Phi) is 6.09. The molecular weight excluding hydrogens is 485 g/mol. The van der Waals surface area contributed by atoms with Gasteiger partial charge in [0, 0.05) is 48.7 Å². The number of anilines is 1. The number of amides is 1. The zero-order valence-corrected chi connectivity index (χ0v) is 20.2. The summed E-state index contributed by atoms with van der Waals surface area (Å²) >= 11 is 0. The van der Waals surface area contributed by atoms with Gasteiger partial charge in [-0.05, 0) is 43.2 Å². The van der Waals surface area contributed by atoms with Crippen LogP contribution in [0.5, 0.6) is 5.75 Å². The molecule has 0 bridgehead atoms. The van der Waals surface area contributed by atoms with Crippen molar-refractivity contribution in [2.75, 3.05) is 10.5 Å². The Balaban J connectivity index is 1.48. The van der Waals surface area contributed by atoms with E-state index >= 15 is 0 Å². The number of carbonyl (C=O) groups excluding carboxylic acids is 1. The van der Waals surface area contributed by atoms with E-state index in [1.165, 1.54) is 23.2 Å². The first-order valence-electron chi connectivity index (χ1n) is 11.4. The van der Waals surface area contributed by atoms with Crippen LogP contribution in [-0.4, -0.2) is 44.6 Å². The molecular formula is C25H24FN5O4S. The number of aromatic nitrogens is 3. The van der Waals surface area contributed by atoms with Gasteiger partial charge in [0.15, 0.2) is 5.75 Å². The quantitative estimate of drug-likeness (QED) is 0.349. The number of halogens is 1. The van der Waals surface area contributed by atoms with Crippen molar-refractivity contribution in [2.24, 2.45) is 0 Å². The van der Waals surface area contributed by atoms with Crippen molar-refractivity contribution in [2.45, 2.75) is 32.5 Å². The van der Waals surface area contributed by atoms with Crippen LogP contribution in [-0.2, 0) is 23.1 Å². The van der Waals surface area contributed by atoms with E-state index in [1.807, 2.05) is 11.5 Å². The van der Waals surface area contributed by atoms with Crippen LogP contribution in [0.2, 0.25) is 0 Å². The predicted octanol–water partition coefficient (Wildman–Crippen LogP) is 3.83. The molecule has 0 saturated carbocycles. The van der Waals surface area contributed by atoms with Crippen LogP contribution >= 0.6 is 0 Å². The van der Waals surface area contributed by atoms with Crippen LogP contribution in [0.3, 0.4) is 0 Å². The highest BCUT2D eigenvalue weighted by Crippen LogP contribution is 2.43. The summed E-state index contributed by atoms with van der Waals surface area (Å²) in [5.74, 6) is -1.28. The average molecular weight is 510 g/mol. The molecule has 1 aliphatic rings.